The summed E-state index contributed by atoms with van der Waals surface area (Å²) >= 11 is 0. The molecule has 0 spiro atoms. The summed E-state index contributed by atoms with van der Waals surface area (Å²) < 4.78 is 0. The Hall–Kier alpha value is -1.74. The first-order chi connectivity index (χ1) is 9.21. The van der Waals surface area contributed by atoms with Crippen LogP contribution in [0.5, 0.6) is 0 Å². The average Bonchev–Trinajstić information content (AvgIpc) is 2.36. The Morgan fingerprint density at radius 2 is 1.55 bits per heavy atom. The van der Waals surface area contributed by atoms with Crippen LogP contribution in [0.1, 0.15) is 41.9 Å². The number of benzene rings is 1. The lowest BCUT2D eigenvalue weighted by Crippen LogP contribution is -2.31. The molecule has 0 atom stereocenters. The predicted octanol–water partition coefficient (Wildman–Crippen LogP) is 3.57. The van der Waals surface area contributed by atoms with Gasteiger partial charge in [-0.25, -0.2) is 9.97 Å². The van der Waals surface area contributed by atoms with Gasteiger partial charge in [0.05, 0.1) is 11.2 Å². The first-order valence-electron chi connectivity index (χ1n) is 6.92. The highest BCUT2D eigenvalue weighted by molar-refractivity contribution is 5.70. The summed E-state index contributed by atoms with van der Waals surface area (Å²) in [5.41, 5.74) is 12.9. The number of aryl methyl sites for hydroxylation is 2. The minimum Gasteiger partial charge on any atom is -0.319 e. The molecule has 0 aliphatic carbocycles. The topological polar surface area (TPSA) is 51.8 Å². The second-order valence-electron chi connectivity index (χ2n) is 6.12. The third-order valence-corrected chi connectivity index (χ3v) is 3.85. The van der Waals surface area contributed by atoms with E-state index < -0.39 is 5.54 Å². The molecule has 20 heavy (non-hydrogen) atoms. The van der Waals surface area contributed by atoms with Gasteiger partial charge in [-0.1, -0.05) is 6.07 Å². The van der Waals surface area contributed by atoms with E-state index in [9.17, 15) is 0 Å². The molecule has 1 heterocycles. The van der Waals surface area contributed by atoms with Crippen molar-refractivity contribution in [2.75, 3.05) is 0 Å². The van der Waals surface area contributed by atoms with Gasteiger partial charge in [-0.2, -0.15) is 0 Å². The summed E-state index contributed by atoms with van der Waals surface area (Å²) in [4.78, 5) is 8.99. The van der Waals surface area contributed by atoms with Crippen molar-refractivity contribution in [3.05, 3.63) is 46.4 Å². The molecule has 0 aliphatic heterocycles. The van der Waals surface area contributed by atoms with Gasteiger partial charge in [0.15, 0.2) is 0 Å². The zero-order valence-corrected chi connectivity index (χ0v) is 13.2. The molecular weight excluding hydrogens is 246 g/mol. The van der Waals surface area contributed by atoms with Gasteiger partial charge in [0, 0.05) is 11.8 Å². The number of hydrogen-bond acceptors (Lipinski definition) is 3. The van der Waals surface area contributed by atoms with E-state index in [4.69, 9.17) is 5.73 Å². The molecule has 3 heteroatoms. The maximum Gasteiger partial charge on any atom is 0.148 e. The van der Waals surface area contributed by atoms with Crippen molar-refractivity contribution in [1.82, 2.24) is 9.97 Å². The Labute approximate surface area is 121 Å². The molecule has 0 radical (unpaired) electrons. The van der Waals surface area contributed by atoms with Crippen LogP contribution in [-0.4, -0.2) is 9.97 Å². The number of hydrogen-bond donors (Lipinski definition) is 1. The number of aromatic nitrogens is 2. The summed E-state index contributed by atoms with van der Waals surface area (Å²) in [6, 6.07) is 4.19. The SMILES string of the molecule is Cc1cc(C)c(C)c(-c2ccnc(C(C)(C)N)n2)c1C. The molecule has 0 amide bonds. The Kier molecular flexibility index (Phi) is 3.65. The monoisotopic (exact) mass is 269 g/mol. The van der Waals surface area contributed by atoms with E-state index in [1.54, 1.807) is 6.20 Å². The Morgan fingerprint density at radius 1 is 1.00 bits per heavy atom. The minimum absolute atomic E-state index is 0.531. The fourth-order valence-electron chi connectivity index (χ4n) is 2.41. The predicted molar refractivity (Wildman–Crippen MR) is 83.6 cm³/mol. The average molecular weight is 269 g/mol. The van der Waals surface area contributed by atoms with Gasteiger partial charge >= 0.3 is 0 Å². The maximum atomic E-state index is 6.11. The standard InChI is InChI=1S/C17H23N3/c1-10-9-11(2)13(4)15(12(10)3)14-7-8-19-16(20-14)17(5,6)18/h7-9H,18H2,1-6H3. The van der Waals surface area contributed by atoms with E-state index >= 15 is 0 Å². The highest BCUT2D eigenvalue weighted by Gasteiger charge is 2.19. The van der Waals surface area contributed by atoms with Crippen LogP contribution in [0.3, 0.4) is 0 Å². The van der Waals surface area contributed by atoms with Gasteiger partial charge in [0.25, 0.3) is 0 Å². The molecule has 0 unspecified atom stereocenters. The largest absolute Gasteiger partial charge is 0.319 e. The van der Waals surface area contributed by atoms with Gasteiger partial charge in [-0.3, -0.25) is 0 Å². The van der Waals surface area contributed by atoms with Crippen LogP contribution in [0.25, 0.3) is 11.3 Å². The van der Waals surface area contributed by atoms with E-state index in [0.717, 1.165) is 5.69 Å². The van der Waals surface area contributed by atoms with E-state index in [0.29, 0.717) is 5.82 Å². The van der Waals surface area contributed by atoms with Crippen LogP contribution in [0, 0.1) is 27.7 Å². The number of rotatable bonds is 2. The van der Waals surface area contributed by atoms with Crippen LogP contribution in [-0.2, 0) is 5.54 Å². The summed E-state index contributed by atoms with van der Waals surface area (Å²) in [6.45, 7) is 12.4. The zero-order chi connectivity index (χ0) is 15.1. The van der Waals surface area contributed by atoms with Crippen molar-refractivity contribution >= 4 is 0 Å². The lowest BCUT2D eigenvalue weighted by atomic mass is 9.92. The quantitative estimate of drug-likeness (QED) is 0.906. The summed E-state index contributed by atoms with van der Waals surface area (Å²) in [7, 11) is 0. The van der Waals surface area contributed by atoms with Gasteiger partial charge < -0.3 is 5.73 Å². The normalized spacial score (nSPS) is 11.8. The molecule has 3 nitrogen and oxygen atoms in total. The zero-order valence-electron chi connectivity index (χ0n) is 13.2. The lowest BCUT2D eigenvalue weighted by molar-refractivity contribution is 0.514. The van der Waals surface area contributed by atoms with Crippen molar-refractivity contribution < 1.29 is 0 Å². The Morgan fingerprint density at radius 3 is 2.05 bits per heavy atom. The summed E-state index contributed by atoms with van der Waals surface area (Å²) in [5.74, 6) is 0.674. The molecule has 0 aliphatic rings. The molecule has 2 aromatic rings. The van der Waals surface area contributed by atoms with Crippen molar-refractivity contribution in [3.63, 3.8) is 0 Å². The van der Waals surface area contributed by atoms with Crippen LogP contribution in [0.4, 0.5) is 0 Å². The lowest BCUT2D eigenvalue weighted by Gasteiger charge is -2.19. The van der Waals surface area contributed by atoms with E-state index in [1.165, 1.54) is 27.8 Å². The van der Waals surface area contributed by atoms with Crippen LogP contribution < -0.4 is 5.73 Å². The Bertz CT molecular complexity index is 626. The third kappa shape index (κ3) is 2.59. The van der Waals surface area contributed by atoms with E-state index in [2.05, 4.69) is 43.7 Å². The molecule has 0 fully saturated rings. The fourth-order valence-corrected chi connectivity index (χ4v) is 2.41. The molecule has 0 bridgehead atoms. The highest BCUT2D eigenvalue weighted by atomic mass is 14.9. The molecular formula is C17H23N3. The van der Waals surface area contributed by atoms with Gasteiger partial charge in [-0.05, 0) is 69.9 Å². The van der Waals surface area contributed by atoms with Gasteiger partial charge in [0.2, 0.25) is 0 Å². The number of nitrogens with two attached hydrogens (primary N) is 1. The maximum absolute atomic E-state index is 6.11. The fraction of sp³-hybridized carbons (Fsp3) is 0.412. The molecule has 2 N–H and O–H groups in total. The Balaban J connectivity index is 2.70. The summed E-state index contributed by atoms with van der Waals surface area (Å²) in [5, 5.41) is 0. The van der Waals surface area contributed by atoms with Gasteiger partial charge in [0.1, 0.15) is 5.82 Å². The molecule has 1 aromatic carbocycles. The first kappa shape index (κ1) is 14.7. The summed E-state index contributed by atoms with van der Waals surface area (Å²) in [6.07, 6.45) is 1.79. The van der Waals surface area contributed by atoms with Crippen molar-refractivity contribution in [3.8, 4) is 11.3 Å². The van der Waals surface area contributed by atoms with Gasteiger partial charge in [-0.15, -0.1) is 0 Å². The van der Waals surface area contributed by atoms with Crippen LogP contribution in [0.2, 0.25) is 0 Å². The van der Waals surface area contributed by atoms with Crippen molar-refractivity contribution in [2.24, 2.45) is 5.73 Å². The van der Waals surface area contributed by atoms with Crippen LogP contribution in [0.15, 0.2) is 18.3 Å². The minimum atomic E-state index is -0.531. The van der Waals surface area contributed by atoms with Crippen LogP contribution >= 0.6 is 0 Å². The smallest absolute Gasteiger partial charge is 0.148 e. The molecule has 0 saturated carbocycles. The van der Waals surface area contributed by atoms with Crippen molar-refractivity contribution in [2.45, 2.75) is 47.1 Å². The molecule has 1 aromatic heterocycles. The molecule has 106 valence electrons. The highest BCUT2D eigenvalue weighted by Crippen LogP contribution is 2.30. The van der Waals surface area contributed by atoms with Crippen molar-refractivity contribution in [1.29, 1.82) is 0 Å². The van der Waals surface area contributed by atoms with E-state index in [-0.39, 0.29) is 0 Å². The first-order valence-corrected chi connectivity index (χ1v) is 6.92. The molecule has 2 rings (SSSR count). The third-order valence-electron chi connectivity index (χ3n) is 3.85. The number of nitrogens with zero attached hydrogens (tertiary/aromatic N) is 2. The molecule has 0 saturated heterocycles. The second kappa shape index (κ2) is 4.98. The second-order valence-corrected chi connectivity index (χ2v) is 6.12. The van der Waals surface area contributed by atoms with E-state index in [1.807, 2.05) is 19.9 Å².